The quantitative estimate of drug-likeness (QED) is 0.816. The number of carbonyl (C=O) groups is 1. The standard InChI is InChI=1S/C18H19NO3/c1-19-18(14-9-5-3-6-10-14,15-11-7-4-8-12-15)16(13-22-19)17(20)21-2/h3-12,16H,13H2,1-2H3. The summed E-state index contributed by atoms with van der Waals surface area (Å²) in [4.78, 5) is 18.1. The molecule has 0 spiro atoms. The van der Waals surface area contributed by atoms with Gasteiger partial charge in [0.05, 0.1) is 13.7 Å². The number of benzene rings is 2. The van der Waals surface area contributed by atoms with Gasteiger partial charge in [-0.1, -0.05) is 60.7 Å². The molecule has 2 aromatic carbocycles. The van der Waals surface area contributed by atoms with Crippen LogP contribution in [-0.4, -0.2) is 31.8 Å². The number of hydrogen-bond donors (Lipinski definition) is 0. The Balaban J connectivity index is 2.25. The molecular formula is C18H19NO3. The first-order valence-electron chi connectivity index (χ1n) is 7.27. The maximum absolute atomic E-state index is 12.4. The highest BCUT2D eigenvalue weighted by Gasteiger charge is 2.55. The minimum absolute atomic E-state index is 0.267. The Hall–Kier alpha value is -2.17. The molecule has 114 valence electrons. The lowest BCUT2D eigenvalue weighted by molar-refractivity contribution is -0.149. The van der Waals surface area contributed by atoms with Gasteiger partial charge in [0, 0.05) is 7.05 Å². The second-order valence-electron chi connectivity index (χ2n) is 5.37. The van der Waals surface area contributed by atoms with Crippen LogP contribution < -0.4 is 0 Å². The van der Waals surface area contributed by atoms with E-state index in [0.29, 0.717) is 6.61 Å². The van der Waals surface area contributed by atoms with E-state index in [0.717, 1.165) is 11.1 Å². The molecule has 0 saturated carbocycles. The Morgan fingerprint density at radius 1 is 1.09 bits per heavy atom. The van der Waals surface area contributed by atoms with Crippen molar-refractivity contribution in [3.63, 3.8) is 0 Å². The van der Waals surface area contributed by atoms with Crippen LogP contribution in [-0.2, 0) is 19.9 Å². The van der Waals surface area contributed by atoms with Crippen LogP contribution in [0.15, 0.2) is 60.7 Å². The zero-order valence-electron chi connectivity index (χ0n) is 12.7. The lowest BCUT2D eigenvalue weighted by Gasteiger charge is -2.38. The molecule has 1 aliphatic rings. The van der Waals surface area contributed by atoms with E-state index in [1.807, 2.05) is 67.7 Å². The zero-order chi connectivity index (χ0) is 15.6. The van der Waals surface area contributed by atoms with Crippen LogP contribution in [0.4, 0.5) is 0 Å². The van der Waals surface area contributed by atoms with Crippen LogP contribution in [0, 0.1) is 5.92 Å². The topological polar surface area (TPSA) is 38.8 Å². The van der Waals surface area contributed by atoms with Gasteiger partial charge in [0.15, 0.2) is 0 Å². The third-order valence-corrected chi connectivity index (χ3v) is 4.35. The highest BCUT2D eigenvalue weighted by atomic mass is 16.7. The average Bonchev–Trinajstić information content (AvgIpc) is 2.94. The molecule has 4 nitrogen and oxygen atoms in total. The van der Waals surface area contributed by atoms with Gasteiger partial charge in [-0.25, -0.2) is 0 Å². The Morgan fingerprint density at radius 3 is 2.05 bits per heavy atom. The van der Waals surface area contributed by atoms with Crippen molar-refractivity contribution in [1.29, 1.82) is 0 Å². The molecule has 1 saturated heterocycles. The zero-order valence-corrected chi connectivity index (χ0v) is 12.7. The molecule has 3 rings (SSSR count). The molecule has 0 aromatic heterocycles. The van der Waals surface area contributed by atoms with Crippen molar-refractivity contribution >= 4 is 5.97 Å². The van der Waals surface area contributed by atoms with Gasteiger partial charge in [-0.3, -0.25) is 9.63 Å². The minimum atomic E-state index is -0.685. The third-order valence-electron chi connectivity index (χ3n) is 4.35. The summed E-state index contributed by atoms with van der Waals surface area (Å²) in [5, 5.41) is 1.78. The summed E-state index contributed by atoms with van der Waals surface area (Å²) >= 11 is 0. The van der Waals surface area contributed by atoms with E-state index in [9.17, 15) is 4.79 Å². The highest BCUT2D eigenvalue weighted by Crippen LogP contribution is 2.46. The highest BCUT2D eigenvalue weighted by molar-refractivity contribution is 5.76. The van der Waals surface area contributed by atoms with Crippen LogP contribution in [0.3, 0.4) is 0 Å². The summed E-state index contributed by atoms with van der Waals surface area (Å²) < 4.78 is 5.04. The Labute approximate surface area is 130 Å². The van der Waals surface area contributed by atoms with E-state index in [2.05, 4.69) is 0 Å². The van der Waals surface area contributed by atoms with Crippen LogP contribution in [0.1, 0.15) is 11.1 Å². The maximum Gasteiger partial charge on any atom is 0.313 e. The van der Waals surface area contributed by atoms with Gasteiger partial charge < -0.3 is 4.74 Å². The van der Waals surface area contributed by atoms with Crippen molar-refractivity contribution in [3.8, 4) is 0 Å². The first-order chi connectivity index (χ1) is 10.7. The van der Waals surface area contributed by atoms with Gasteiger partial charge >= 0.3 is 5.97 Å². The normalized spacial score (nSPS) is 20.7. The number of carbonyl (C=O) groups excluding carboxylic acids is 1. The predicted octanol–water partition coefficient (Wildman–Crippen LogP) is 2.60. The van der Waals surface area contributed by atoms with Gasteiger partial charge in [-0.2, -0.15) is 5.06 Å². The molecule has 0 radical (unpaired) electrons. The van der Waals surface area contributed by atoms with Gasteiger partial charge in [-0.05, 0) is 11.1 Å². The Morgan fingerprint density at radius 2 is 1.59 bits per heavy atom. The molecular weight excluding hydrogens is 278 g/mol. The number of rotatable bonds is 3. The molecule has 0 bridgehead atoms. The number of esters is 1. The molecule has 0 aliphatic carbocycles. The number of ether oxygens (including phenoxy) is 1. The summed E-state index contributed by atoms with van der Waals surface area (Å²) in [7, 11) is 3.28. The maximum atomic E-state index is 12.4. The van der Waals surface area contributed by atoms with Gasteiger partial charge in [0.25, 0.3) is 0 Å². The average molecular weight is 297 g/mol. The van der Waals surface area contributed by atoms with Crippen molar-refractivity contribution in [1.82, 2.24) is 5.06 Å². The fourth-order valence-corrected chi connectivity index (χ4v) is 3.33. The molecule has 0 N–H and O–H groups in total. The molecule has 2 aromatic rings. The van der Waals surface area contributed by atoms with Crippen molar-refractivity contribution in [2.24, 2.45) is 5.92 Å². The van der Waals surface area contributed by atoms with E-state index in [-0.39, 0.29) is 5.97 Å². The van der Waals surface area contributed by atoms with Crippen molar-refractivity contribution < 1.29 is 14.4 Å². The lowest BCUT2D eigenvalue weighted by atomic mass is 9.73. The summed E-state index contributed by atoms with van der Waals surface area (Å²) in [5.41, 5.74) is 1.34. The molecule has 1 atom stereocenters. The van der Waals surface area contributed by atoms with Gasteiger partial charge in [0.1, 0.15) is 11.5 Å². The molecule has 1 heterocycles. The van der Waals surface area contributed by atoms with Gasteiger partial charge in [0.2, 0.25) is 0 Å². The summed E-state index contributed by atoms with van der Waals surface area (Å²) in [6, 6.07) is 19.9. The van der Waals surface area contributed by atoms with Crippen LogP contribution >= 0.6 is 0 Å². The molecule has 0 amide bonds. The SMILES string of the molecule is COC(=O)C1CON(C)C1(c1ccccc1)c1ccccc1. The Bertz CT molecular complexity index is 602. The smallest absolute Gasteiger partial charge is 0.313 e. The molecule has 1 aliphatic heterocycles. The Kier molecular flexibility index (Phi) is 3.96. The van der Waals surface area contributed by atoms with Crippen LogP contribution in [0.25, 0.3) is 0 Å². The third kappa shape index (κ3) is 2.12. The van der Waals surface area contributed by atoms with Crippen molar-refractivity contribution in [2.75, 3.05) is 20.8 Å². The van der Waals surface area contributed by atoms with E-state index < -0.39 is 11.5 Å². The van der Waals surface area contributed by atoms with E-state index in [1.165, 1.54) is 7.11 Å². The molecule has 1 fully saturated rings. The van der Waals surface area contributed by atoms with E-state index in [1.54, 1.807) is 5.06 Å². The van der Waals surface area contributed by atoms with Crippen molar-refractivity contribution in [3.05, 3.63) is 71.8 Å². The summed E-state index contributed by atoms with van der Waals surface area (Å²) in [5.74, 6) is -0.690. The fraction of sp³-hybridized carbons (Fsp3) is 0.278. The van der Waals surface area contributed by atoms with Crippen molar-refractivity contribution in [2.45, 2.75) is 5.54 Å². The minimum Gasteiger partial charge on any atom is -0.469 e. The number of methoxy groups -OCH3 is 1. The van der Waals surface area contributed by atoms with Crippen LogP contribution in [0.2, 0.25) is 0 Å². The van der Waals surface area contributed by atoms with E-state index >= 15 is 0 Å². The number of hydrogen-bond acceptors (Lipinski definition) is 4. The molecule has 22 heavy (non-hydrogen) atoms. The van der Waals surface area contributed by atoms with Gasteiger partial charge in [-0.15, -0.1) is 0 Å². The first kappa shape index (κ1) is 14.8. The molecule has 4 heteroatoms. The second-order valence-corrected chi connectivity index (χ2v) is 5.37. The molecule has 1 unspecified atom stereocenters. The summed E-state index contributed by atoms with van der Waals surface area (Å²) in [6.45, 7) is 0.299. The monoisotopic (exact) mass is 297 g/mol. The van der Waals surface area contributed by atoms with Crippen LogP contribution in [0.5, 0.6) is 0 Å². The number of hydroxylamine groups is 2. The van der Waals surface area contributed by atoms with E-state index in [4.69, 9.17) is 9.57 Å². The largest absolute Gasteiger partial charge is 0.469 e. The lowest BCUT2D eigenvalue weighted by Crippen LogP contribution is -2.47. The summed E-state index contributed by atoms with van der Waals surface area (Å²) in [6.07, 6.45) is 0. The predicted molar refractivity (Wildman–Crippen MR) is 82.9 cm³/mol. The first-order valence-corrected chi connectivity index (χ1v) is 7.27. The second kappa shape index (κ2) is 5.91. The fourth-order valence-electron chi connectivity index (χ4n) is 3.33. The number of nitrogens with zero attached hydrogens (tertiary/aromatic N) is 1.